The van der Waals surface area contributed by atoms with Gasteiger partial charge in [-0.2, -0.15) is 5.26 Å². The van der Waals surface area contributed by atoms with Crippen molar-refractivity contribution in [2.45, 2.75) is 6.42 Å². The molecule has 1 rings (SSSR count). The number of halogens is 1. The molecule has 0 aliphatic heterocycles. The first kappa shape index (κ1) is 10.6. The first-order chi connectivity index (χ1) is 6.69. The molecule has 0 amide bonds. The fourth-order valence-corrected chi connectivity index (χ4v) is 1.28. The summed E-state index contributed by atoms with van der Waals surface area (Å²) >= 11 is 5.37. The molecular formula is C10H8ClNO2. The molecule has 3 nitrogen and oxygen atoms in total. The number of methoxy groups -OCH3 is 1. The minimum atomic E-state index is -0.575. The third-order valence-electron chi connectivity index (χ3n) is 1.80. The van der Waals surface area contributed by atoms with Gasteiger partial charge in [0.15, 0.2) is 0 Å². The molecule has 0 aromatic heterocycles. The molecule has 4 heteroatoms. The molecule has 0 heterocycles. The lowest BCUT2D eigenvalue weighted by molar-refractivity contribution is 0.108. The van der Waals surface area contributed by atoms with Crippen LogP contribution in [-0.2, 0) is 6.42 Å². The van der Waals surface area contributed by atoms with Crippen molar-refractivity contribution in [2.24, 2.45) is 0 Å². The van der Waals surface area contributed by atoms with Crippen LogP contribution < -0.4 is 4.74 Å². The van der Waals surface area contributed by atoms with Gasteiger partial charge in [-0.3, -0.25) is 4.79 Å². The van der Waals surface area contributed by atoms with Crippen molar-refractivity contribution < 1.29 is 9.53 Å². The third-order valence-corrected chi connectivity index (χ3v) is 2.00. The van der Waals surface area contributed by atoms with E-state index in [0.29, 0.717) is 16.9 Å². The molecular weight excluding hydrogens is 202 g/mol. The second kappa shape index (κ2) is 4.64. The van der Waals surface area contributed by atoms with Crippen LogP contribution in [0.25, 0.3) is 0 Å². The van der Waals surface area contributed by atoms with E-state index in [1.165, 1.54) is 13.2 Å². The Morgan fingerprint density at radius 2 is 2.36 bits per heavy atom. The Balaban J connectivity index is 3.18. The van der Waals surface area contributed by atoms with Crippen molar-refractivity contribution in [3.8, 4) is 11.8 Å². The van der Waals surface area contributed by atoms with E-state index in [-0.39, 0.29) is 6.42 Å². The molecule has 1 aromatic carbocycles. The molecule has 0 N–H and O–H groups in total. The van der Waals surface area contributed by atoms with Gasteiger partial charge in [0.1, 0.15) is 5.75 Å². The first-order valence-corrected chi connectivity index (χ1v) is 4.30. The van der Waals surface area contributed by atoms with Crippen molar-refractivity contribution in [3.63, 3.8) is 0 Å². The molecule has 0 unspecified atom stereocenters. The van der Waals surface area contributed by atoms with E-state index in [0.717, 1.165) is 0 Å². The molecule has 0 radical (unpaired) electrons. The average molecular weight is 210 g/mol. The summed E-state index contributed by atoms with van der Waals surface area (Å²) in [6.45, 7) is 0. The smallest absolute Gasteiger partial charge is 0.252 e. The summed E-state index contributed by atoms with van der Waals surface area (Å²) < 4.78 is 4.94. The van der Waals surface area contributed by atoms with Crippen LogP contribution in [0.15, 0.2) is 18.2 Å². The predicted molar refractivity (Wildman–Crippen MR) is 52.5 cm³/mol. The topological polar surface area (TPSA) is 50.1 Å². The standard InChI is InChI=1S/C10H8ClNO2/c1-14-8-3-2-7(4-5-12)9(6-8)10(11)13/h2-3,6H,4H2,1H3. The summed E-state index contributed by atoms with van der Waals surface area (Å²) in [5.74, 6) is 0.552. The van der Waals surface area contributed by atoms with Crippen molar-refractivity contribution in [1.29, 1.82) is 5.26 Å². The van der Waals surface area contributed by atoms with Gasteiger partial charge >= 0.3 is 0 Å². The highest BCUT2D eigenvalue weighted by atomic mass is 35.5. The van der Waals surface area contributed by atoms with Crippen molar-refractivity contribution >= 4 is 16.8 Å². The largest absolute Gasteiger partial charge is 0.497 e. The van der Waals surface area contributed by atoms with Gasteiger partial charge in [-0.25, -0.2) is 0 Å². The van der Waals surface area contributed by atoms with Crippen molar-refractivity contribution in [1.82, 2.24) is 0 Å². The highest BCUT2D eigenvalue weighted by Gasteiger charge is 2.09. The van der Waals surface area contributed by atoms with Gasteiger partial charge < -0.3 is 4.74 Å². The van der Waals surface area contributed by atoms with Crippen LogP contribution in [0.4, 0.5) is 0 Å². The first-order valence-electron chi connectivity index (χ1n) is 3.92. The number of nitriles is 1. The molecule has 14 heavy (non-hydrogen) atoms. The van der Waals surface area contributed by atoms with Gasteiger partial charge in [-0.1, -0.05) is 6.07 Å². The number of hydrogen-bond acceptors (Lipinski definition) is 3. The zero-order valence-electron chi connectivity index (χ0n) is 7.58. The van der Waals surface area contributed by atoms with Crippen LogP contribution in [-0.4, -0.2) is 12.4 Å². The summed E-state index contributed by atoms with van der Waals surface area (Å²) in [5.41, 5.74) is 0.945. The number of nitrogens with zero attached hydrogens (tertiary/aromatic N) is 1. The molecule has 0 saturated carbocycles. The molecule has 0 aliphatic carbocycles. The fourth-order valence-electron chi connectivity index (χ4n) is 1.10. The number of carbonyl (C=O) groups excluding carboxylic acids is 1. The summed E-state index contributed by atoms with van der Waals surface area (Å²) in [4.78, 5) is 11.0. The molecule has 0 aliphatic rings. The normalized spacial score (nSPS) is 9.21. The number of benzene rings is 1. The Morgan fingerprint density at radius 3 is 2.86 bits per heavy atom. The number of rotatable bonds is 3. The minimum Gasteiger partial charge on any atom is -0.497 e. The molecule has 0 saturated heterocycles. The Labute approximate surface area is 86.9 Å². The maximum Gasteiger partial charge on any atom is 0.252 e. The number of carbonyl (C=O) groups is 1. The summed E-state index contributed by atoms with van der Waals surface area (Å²) in [5, 5.41) is 7.94. The fraction of sp³-hybridized carbons (Fsp3) is 0.200. The SMILES string of the molecule is COc1ccc(CC#N)c(C(=O)Cl)c1. The van der Waals surface area contributed by atoms with E-state index in [2.05, 4.69) is 0 Å². The van der Waals surface area contributed by atoms with Gasteiger partial charge in [0.2, 0.25) is 0 Å². The van der Waals surface area contributed by atoms with E-state index in [1.54, 1.807) is 12.1 Å². The highest BCUT2D eigenvalue weighted by molar-refractivity contribution is 6.67. The van der Waals surface area contributed by atoms with E-state index in [1.807, 2.05) is 6.07 Å². The van der Waals surface area contributed by atoms with Gasteiger partial charge in [0, 0.05) is 5.56 Å². The molecule has 0 spiro atoms. The van der Waals surface area contributed by atoms with E-state index >= 15 is 0 Å². The maximum atomic E-state index is 11.0. The second-order valence-corrected chi connectivity index (χ2v) is 2.97. The maximum absolute atomic E-state index is 11.0. The van der Waals surface area contributed by atoms with Crippen molar-refractivity contribution in [3.05, 3.63) is 29.3 Å². The van der Waals surface area contributed by atoms with Crippen LogP contribution in [0.1, 0.15) is 15.9 Å². The summed E-state index contributed by atoms with van der Waals surface area (Å²) in [6.07, 6.45) is 0.164. The average Bonchev–Trinajstić information content (AvgIpc) is 2.18. The zero-order chi connectivity index (χ0) is 10.6. The Morgan fingerprint density at radius 1 is 1.64 bits per heavy atom. The van der Waals surface area contributed by atoms with Crippen LogP contribution in [0, 0.1) is 11.3 Å². The highest BCUT2D eigenvalue weighted by Crippen LogP contribution is 2.19. The van der Waals surface area contributed by atoms with Crippen LogP contribution >= 0.6 is 11.6 Å². The van der Waals surface area contributed by atoms with E-state index in [4.69, 9.17) is 21.6 Å². The van der Waals surface area contributed by atoms with Crippen LogP contribution in [0.5, 0.6) is 5.75 Å². The van der Waals surface area contributed by atoms with E-state index < -0.39 is 5.24 Å². The van der Waals surface area contributed by atoms with Crippen LogP contribution in [0.2, 0.25) is 0 Å². The lowest BCUT2D eigenvalue weighted by Gasteiger charge is -2.04. The lowest BCUT2D eigenvalue weighted by Crippen LogP contribution is -1.97. The second-order valence-electron chi connectivity index (χ2n) is 2.63. The predicted octanol–water partition coefficient (Wildman–Crippen LogP) is 2.14. The Bertz CT molecular complexity index is 396. The van der Waals surface area contributed by atoms with Crippen molar-refractivity contribution in [2.75, 3.05) is 7.11 Å². The third kappa shape index (κ3) is 2.24. The Hall–Kier alpha value is -1.53. The summed E-state index contributed by atoms with van der Waals surface area (Å²) in [7, 11) is 1.50. The molecule has 72 valence electrons. The molecule has 0 bridgehead atoms. The molecule has 0 fully saturated rings. The lowest BCUT2D eigenvalue weighted by atomic mass is 10.1. The van der Waals surface area contributed by atoms with Crippen LogP contribution in [0.3, 0.4) is 0 Å². The number of hydrogen-bond donors (Lipinski definition) is 0. The quantitative estimate of drug-likeness (QED) is 0.717. The van der Waals surface area contributed by atoms with E-state index in [9.17, 15) is 4.79 Å². The summed E-state index contributed by atoms with van der Waals surface area (Å²) in [6, 6.07) is 6.85. The molecule has 1 aromatic rings. The van der Waals surface area contributed by atoms with Gasteiger partial charge in [0.05, 0.1) is 19.6 Å². The minimum absolute atomic E-state index is 0.164. The zero-order valence-corrected chi connectivity index (χ0v) is 8.34. The monoisotopic (exact) mass is 209 g/mol. The molecule has 0 atom stereocenters. The Kier molecular flexibility index (Phi) is 3.49. The van der Waals surface area contributed by atoms with Gasteiger partial charge in [-0.15, -0.1) is 0 Å². The number of ether oxygens (including phenoxy) is 1. The van der Waals surface area contributed by atoms with Gasteiger partial charge in [0.25, 0.3) is 5.24 Å². The van der Waals surface area contributed by atoms with Gasteiger partial charge in [-0.05, 0) is 29.3 Å².